The number of nitrogens with zero attached hydrogens (tertiary/aromatic N) is 2. The van der Waals surface area contributed by atoms with Crippen LogP contribution in [0, 0.1) is 0 Å². The fourth-order valence-corrected chi connectivity index (χ4v) is 3.02. The smallest absolute Gasteiger partial charge is 0.255 e. The van der Waals surface area contributed by atoms with Crippen LogP contribution in [-0.4, -0.2) is 18.2 Å². The van der Waals surface area contributed by atoms with Crippen molar-refractivity contribution in [3.8, 4) is 0 Å². The molecule has 0 fully saturated rings. The summed E-state index contributed by atoms with van der Waals surface area (Å²) in [4.78, 5) is 12.5. The molecule has 1 heterocycles. The standard InChI is InChI=1S/C21H19N3O/c1-15-12-13-24(23-15)20-10-7-17(8-11-20)21(25)22-19-9-6-16-4-2-3-5-18(16)14-19/h2-11,14H,12-13H2,1H3,(H,22,25). The Labute approximate surface area is 146 Å². The second kappa shape index (κ2) is 6.40. The molecule has 4 nitrogen and oxygen atoms in total. The second-order valence-electron chi connectivity index (χ2n) is 6.27. The molecule has 1 aliphatic rings. The molecule has 3 aromatic rings. The van der Waals surface area contributed by atoms with Gasteiger partial charge < -0.3 is 5.32 Å². The van der Waals surface area contributed by atoms with Gasteiger partial charge in [-0.25, -0.2) is 0 Å². The van der Waals surface area contributed by atoms with Crippen molar-refractivity contribution in [1.82, 2.24) is 0 Å². The van der Waals surface area contributed by atoms with E-state index >= 15 is 0 Å². The van der Waals surface area contributed by atoms with E-state index in [1.807, 2.05) is 72.6 Å². The number of rotatable bonds is 3. The normalized spacial score (nSPS) is 13.8. The largest absolute Gasteiger partial charge is 0.322 e. The summed E-state index contributed by atoms with van der Waals surface area (Å²) in [6.07, 6.45) is 0.990. The number of nitrogens with one attached hydrogen (secondary N) is 1. The molecule has 1 aliphatic heterocycles. The van der Waals surface area contributed by atoms with Gasteiger partial charge in [0.1, 0.15) is 0 Å². The van der Waals surface area contributed by atoms with E-state index in [1.165, 1.54) is 0 Å². The van der Waals surface area contributed by atoms with Gasteiger partial charge in [-0.2, -0.15) is 5.10 Å². The third-order valence-corrected chi connectivity index (χ3v) is 4.41. The van der Waals surface area contributed by atoms with E-state index in [-0.39, 0.29) is 5.91 Å². The quantitative estimate of drug-likeness (QED) is 0.758. The van der Waals surface area contributed by atoms with Crippen LogP contribution < -0.4 is 10.3 Å². The Morgan fingerprint density at radius 1 is 1.00 bits per heavy atom. The third-order valence-electron chi connectivity index (χ3n) is 4.41. The number of hydrazone groups is 1. The van der Waals surface area contributed by atoms with E-state index in [9.17, 15) is 4.79 Å². The molecule has 0 unspecified atom stereocenters. The number of benzene rings is 3. The average molecular weight is 329 g/mol. The topological polar surface area (TPSA) is 44.7 Å². The maximum absolute atomic E-state index is 12.5. The molecular formula is C21H19N3O. The zero-order chi connectivity index (χ0) is 17.2. The first-order valence-electron chi connectivity index (χ1n) is 8.41. The van der Waals surface area contributed by atoms with Gasteiger partial charge in [0, 0.05) is 29.9 Å². The number of hydrogen-bond donors (Lipinski definition) is 1. The van der Waals surface area contributed by atoms with E-state index in [2.05, 4.69) is 16.5 Å². The lowest BCUT2D eigenvalue weighted by Gasteiger charge is -2.14. The minimum absolute atomic E-state index is 0.108. The zero-order valence-corrected chi connectivity index (χ0v) is 14.1. The summed E-state index contributed by atoms with van der Waals surface area (Å²) in [5.41, 5.74) is 3.58. The molecule has 0 saturated heterocycles. The van der Waals surface area contributed by atoms with Crippen molar-refractivity contribution >= 4 is 33.8 Å². The fraction of sp³-hybridized carbons (Fsp3) is 0.143. The summed E-state index contributed by atoms with van der Waals surface area (Å²) < 4.78 is 0. The molecule has 4 heteroatoms. The van der Waals surface area contributed by atoms with Crippen molar-refractivity contribution < 1.29 is 4.79 Å². The molecule has 0 saturated carbocycles. The van der Waals surface area contributed by atoms with Crippen molar-refractivity contribution in [2.24, 2.45) is 5.10 Å². The van der Waals surface area contributed by atoms with E-state index in [0.29, 0.717) is 5.56 Å². The Kier molecular flexibility index (Phi) is 3.94. The monoisotopic (exact) mass is 329 g/mol. The first-order valence-corrected chi connectivity index (χ1v) is 8.41. The molecular weight excluding hydrogens is 310 g/mol. The highest BCUT2D eigenvalue weighted by atomic mass is 16.1. The highest BCUT2D eigenvalue weighted by molar-refractivity contribution is 6.05. The molecule has 4 rings (SSSR count). The minimum Gasteiger partial charge on any atom is -0.322 e. The molecule has 0 bridgehead atoms. The second-order valence-corrected chi connectivity index (χ2v) is 6.27. The fourth-order valence-electron chi connectivity index (χ4n) is 3.02. The lowest BCUT2D eigenvalue weighted by molar-refractivity contribution is 0.102. The summed E-state index contributed by atoms with van der Waals surface area (Å²) >= 11 is 0. The molecule has 1 amide bonds. The van der Waals surface area contributed by atoms with E-state index in [4.69, 9.17) is 0 Å². The minimum atomic E-state index is -0.108. The van der Waals surface area contributed by atoms with E-state index in [0.717, 1.165) is 40.8 Å². The van der Waals surface area contributed by atoms with Crippen LogP contribution in [0.3, 0.4) is 0 Å². The molecule has 3 aromatic carbocycles. The lowest BCUT2D eigenvalue weighted by atomic mass is 10.1. The maximum atomic E-state index is 12.5. The summed E-state index contributed by atoms with van der Waals surface area (Å²) in [7, 11) is 0. The highest BCUT2D eigenvalue weighted by Crippen LogP contribution is 2.22. The third kappa shape index (κ3) is 3.24. The summed E-state index contributed by atoms with van der Waals surface area (Å²) in [5.74, 6) is -0.108. The van der Waals surface area contributed by atoms with Gasteiger partial charge in [-0.1, -0.05) is 30.3 Å². The average Bonchev–Trinajstić information content (AvgIpc) is 3.08. The van der Waals surface area contributed by atoms with Crippen LogP contribution in [0.5, 0.6) is 0 Å². The van der Waals surface area contributed by atoms with Crippen LogP contribution in [0.25, 0.3) is 10.8 Å². The number of carbonyl (C=O) groups excluding carboxylic acids is 1. The molecule has 0 atom stereocenters. The molecule has 0 radical (unpaired) electrons. The van der Waals surface area contributed by atoms with Crippen LogP contribution in [-0.2, 0) is 0 Å². The molecule has 25 heavy (non-hydrogen) atoms. The number of carbonyl (C=O) groups is 1. The van der Waals surface area contributed by atoms with Crippen LogP contribution in [0.15, 0.2) is 71.8 Å². The van der Waals surface area contributed by atoms with Gasteiger partial charge >= 0.3 is 0 Å². The Morgan fingerprint density at radius 2 is 1.76 bits per heavy atom. The Morgan fingerprint density at radius 3 is 2.48 bits per heavy atom. The van der Waals surface area contributed by atoms with Crippen molar-refractivity contribution in [2.75, 3.05) is 16.9 Å². The van der Waals surface area contributed by atoms with Gasteiger partial charge in [0.25, 0.3) is 5.91 Å². The Balaban J connectivity index is 1.50. The molecule has 0 spiro atoms. The number of fused-ring (bicyclic) bond motifs is 1. The van der Waals surface area contributed by atoms with Crippen LogP contribution in [0.4, 0.5) is 11.4 Å². The highest BCUT2D eigenvalue weighted by Gasteiger charge is 2.13. The number of amides is 1. The van der Waals surface area contributed by atoms with Crippen molar-refractivity contribution in [3.63, 3.8) is 0 Å². The summed E-state index contributed by atoms with van der Waals surface area (Å²) in [6.45, 7) is 2.93. The zero-order valence-electron chi connectivity index (χ0n) is 14.1. The van der Waals surface area contributed by atoms with Gasteiger partial charge in [0.05, 0.1) is 5.69 Å². The van der Waals surface area contributed by atoms with Crippen LogP contribution in [0.1, 0.15) is 23.7 Å². The molecule has 124 valence electrons. The van der Waals surface area contributed by atoms with Crippen molar-refractivity contribution in [2.45, 2.75) is 13.3 Å². The molecule has 0 aliphatic carbocycles. The summed E-state index contributed by atoms with van der Waals surface area (Å²) in [5, 5.41) is 11.7. The van der Waals surface area contributed by atoms with Crippen molar-refractivity contribution in [3.05, 3.63) is 72.3 Å². The SMILES string of the molecule is CC1=NN(c2ccc(C(=O)Nc3ccc4ccccc4c3)cc2)CC1. The van der Waals surface area contributed by atoms with Crippen LogP contribution in [0.2, 0.25) is 0 Å². The maximum Gasteiger partial charge on any atom is 0.255 e. The molecule has 1 N–H and O–H groups in total. The van der Waals surface area contributed by atoms with Crippen LogP contribution >= 0.6 is 0 Å². The van der Waals surface area contributed by atoms with E-state index in [1.54, 1.807) is 0 Å². The Bertz CT molecular complexity index is 960. The Hall–Kier alpha value is -3.14. The number of hydrogen-bond acceptors (Lipinski definition) is 3. The van der Waals surface area contributed by atoms with Gasteiger partial charge in [-0.3, -0.25) is 9.80 Å². The lowest BCUT2D eigenvalue weighted by Crippen LogP contribution is -2.14. The summed E-state index contributed by atoms with van der Waals surface area (Å²) in [6, 6.07) is 21.6. The predicted octanol–water partition coefficient (Wildman–Crippen LogP) is 4.68. The first kappa shape index (κ1) is 15.4. The van der Waals surface area contributed by atoms with Gasteiger partial charge in [0.15, 0.2) is 0 Å². The number of anilines is 2. The van der Waals surface area contributed by atoms with Gasteiger partial charge in [-0.05, 0) is 54.1 Å². The first-order chi connectivity index (χ1) is 12.2. The van der Waals surface area contributed by atoms with Gasteiger partial charge in [0.2, 0.25) is 0 Å². The molecule has 0 aromatic heterocycles. The van der Waals surface area contributed by atoms with Crippen molar-refractivity contribution in [1.29, 1.82) is 0 Å². The van der Waals surface area contributed by atoms with Gasteiger partial charge in [-0.15, -0.1) is 0 Å². The predicted molar refractivity (Wildman–Crippen MR) is 103 cm³/mol. The van der Waals surface area contributed by atoms with E-state index < -0.39 is 0 Å².